The van der Waals surface area contributed by atoms with E-state index in [1.807, 2.05) is 19.0 Å². The van der Waals surface area contributed by atoms with Crippen LogP contribution in [0.3, 0.4) is 0 Å². The number of nitrogens with one attached hydrogen (secondary N) is 1. The lowest BCUT2D eigenvalue weighted by molar-refractivity contribution is -0.140. The van der Waals surface area contributed by atoms with Gasteiger partial charge in [0, 0.05) is 29.4 Å². The molecule has 1 aromatic heterocycles. The Kier molecular flexibility index (Phi) is 7.29. The van der Waals surface area contributed by atoms with Gasteiger partial charge in [-0.3, -0.25) is 9.59 Å². The molecule has 2 heterocycles. The Balaban J connectivity index is 2.20. The molecule has 176 valence electrons. The Bertz CT molecular complexity index is 1140. The molecule has 1 saturated heterocycles. The Hall–Kier alpha value is -3.10. The van der Waals surface area contributed by atoms with E-state index in [-0.39, 0.29) is 30.2 Å². The van der Waals surface area contributed by atoms with E-state index < -0.39 is 23.7 Å². The average Bonchev–Trinajstić information content (AvgIpc) is 3.19. The topological polar surface area (TPSA) is 103 Å². The number of halogens is 1. The average molecular weight is 474 g/mol. The fraction of sp³-hybridized carbons (Fsp3) is 0.375. The second-order valence-electron chi connectivity index (χ2n) is 8.20. The zero-order valence-electron chi connectivity index (χ0n) is 19.4. The molecule has 9 heteroatoms. The fourth-order valence-corrected chi connectivity index (χ4v) is 4.29. The van der Waals surface area contributed by atoms with Crippen LogP contribution in [0, 0.1) is 13.8 Å². The first-order valence-electron chi connectivity index (χ1n) is 10.6. The zero-order chi connectivity index (χ0) is 24.4. The molecule has 2 aromatic rings. The number of nitrogens with zero attached hydrogens (tertiary/aromatic N) is 2. The third kappa shape index (κ3) is 4.67. The summed E-state index contributed by atoms with van der Waals surface area (Å²) in [5, 5.41) is 11.8. The predicted molar refractivity (Wildman–Crippen MR) is 125 cm³/mol. The van der Waals surface area contributed by atoms with Crippen molar-refractivity contribution < 1.29 is 24.2 Å². The first-order chi connectivity index (χ1) is 15.6. The Labute approximate surface area is 197 Å². The van der Waals surface area contributed by atoms with Crippen molar-refractivity contribution in [3.63, 3.8) is 0 Å². The number of carbonyl (C=O) groups excluding carboxylic acids is 3. The molecule has 33 heavy (non-hydrogen) atoms. The van der Waals surface area contributed by atoms with Crippen LogP contribution < -0.4 is 0 Å². The molecule has 0 radical (unpaired) electrons. The van der Waals surface area contributed by atoms with Crippen LogP contribution in [0.1, 0.15) is 45.8 Å². The molecule has 1 unspecified atom stereocenters. The number of aliphatic hydroxyl groups excluding tert-OH is 1. The molecule has 1 aliphatic heterocycles. The van der Waals surface area contributed by atoms with Crippen molar-refractivity contribution in [2.24, 2.45) is 0 Å². The summed E-state index contributed by atoms with van der Waals surface area (Å²) in [6, 6.07) is 6.05. The van der Waals surface area contributed by atoms with Crippen molar-refractivity contribution in [2.75, 3.05) is 33.8 Å². The maximum Gasteiger partial charge on any atom is 0.355 e. The Morgan fingerprint density at radius 2 is 1.97 bits per heavy atom. The van der Waals surface area contributed by atoms with Crippen LogP contribution in [0.2, 0.25) is 5.02 Å². The smallest absolute Gasteiger partial charge is 0.355 e. The summed E-state index contributed by atoms with van der Waals surface area (Å²) < 4.78 is 5.08. The summed E-state index contributed by atoms with van der Waals surface area (Å²) in [4.78, 5) is 44.8. The standard InChI is InChI=1S/C24H28ClN3O5/c1-6-33-24(32)19-13(2)17(14(3)26-19)21(29)18-20(15-8-7-9-16(25)12-15)28(11-10-27(4)5)23(31)22(18)30/h7-9,12,20,26,29H,6,10-11H2,1-5H3. The third-order valence-electron chi connectivity index (χ3n) is 5.65. The number of Topliss-reactive ketones (excluding diaryl/α,β-unsaturated/α-hetero) is 1. The van der Waals surface area contributed by atoms with Crippen LogP contribution in [0.15, 0.2) is 29.8 Å². The number of aliphatic hydroxyl groups is 1. The molecule has 0 aliphatic carbocycles. The maximum absolute atomic E-state index is 13.2. The lowest BCUT2D eigenvalue weighted by Crippen LogP contribution is -2.35. The maximum atomic E-state index is 13.2. The van der Waals surface area contributed by atoms with Gasteiger partial charge >= 0.3 is 5.97 Å². The number of rotatable bonds is 7. The number of H-pyrrole nitrogens is 1. The third-order valence-corrected chi connectivity index (χ3v) is 5.88. The normalized spacial score (nSPS) is 17.8. The quantitative estimate of drug-likeness (QED) is 0.276. The predicted octanol–water partition coefficient (Wildman–Crippen LogP) is 3.44. The van der Waals surface area contributed by atoms with Gasteiger partial charge in [0.25, 0.3) is 11.7 Å². The van der Waals surface area contributed by atoms with Gasteiger partial charge in [0.2, 0.25) is 0 Å². The van der Waals surface area contributed by atoms with Crippen LogP contribution in [-0.4, -0.2) is 71.3 Å². The highest BCUT2D eigenvalue weighted by atomic mass is 35.5. The lowest BCUT2D eigenvalue weighted by Gasteiger charge is -2.26. The van der Waals surface area contributed by atoms with E-state index in [1.54, 1.807) is 45.0 Å². The number of likely N-dealkylation sites (tertiary alicyclic amines) is 1. The largest absolute Gasteiger partial charge is 0.507 e. The molecule has 1 aromatic carbocycles. The van der Waals surface area contributed by atoms with Crippen LogP contribution in [0.4, 0.5) is 0 Å². The molecule has 1 aliphatic rings. The first-order valence-corrected chi connectivity index (χ1v) is 11.0. The van der Waals surface area contributed by atoms with Crippen molar-refractivity contribution in [2.45, 2.75) is 26.8 Å². The van der Waals surface area contributed by atoms with Crippen molar-refractivity contribution in [3.05, 3.63) is 62.9 Å². The minimum atomic E-state index is -0.816. The Morgan fingerprint density at radius 1 is 1.27 bits per heavy atom. The number of ketones is 1. The first kappa shape index (κ1) is 24.5. The minimum Gasteiger partial charge on any atom is -0.507 e. The summed E-state index contributed by atoms with van der Waals surface area (Å²) in [7, 11) is 3.74. The van der Waals surface area contributed by atoms with E-state index >= 15 is 0 Å². The minimum absolute atomic E-state index is 0.0402. The lowest BCUT2D eigenvalue weighted by atomic mass is 9.94. The molecule has 1 amide bonds. The zero-order valence-corrected chi connectivity index (χ0v) is 20.1. The number of ether oxygens (including phenoxy) is 1. The number of aromatic nitrogens is 1. The molecule has 0 spiro atoms. The number of aromatic amines is 1. The van der Waals surface area contributed by atoms with Gasteiger partial charge in [-0.15, -0.1) is 0 Å². The van der Waals surface area contributed by atoms with E-state index in [1.165, 1.54) is 4.90 Å². The summed E-state index contributed by atoms with van der Waals surface area (Å²) >= 11 is 6.20. The molecule has 1 fully saturated rings. The summed E-state index contributed by atoms with van der Waals surface area (Å²) in [6.45, 7) is 6.04. The SMILES string of the molecule is CCOC(=O)c1[nH]c(C)c(C(O)=C2C(=O)C(=O)N(CCN(C)C)C2c2cccc(Cl)c2)c1C. The molecular weight excluding hydrogens is 446 g/mol. The van der Waals surface area contributed by atoms with Gasteiger partial charge in [0.05, 0.1) is 18.2 Å². The highest BCUT2D eigenvalue weighted by Gasteiger charge is 2.46. The van der Waals surface area contributed by atoms with Gasteiger partial charge in [-0.1, -0.05) is 23.7 Å². The van der Waals surface area contributed by atoms with Crippen LogP contribution >= 0.6 is 11.6 Å². The molecule has 8 nitrogen and oxygen atoms in total. The fourth-order valence-electron chi connectivity index (χ4n) is 4.09. The highest BCUT2D eigenvalue weighted by Crippen LogP contribution is 2.41. The number of esters is 1. The second kappa shape index (κ2) is 9.80. The molecule has 0 saturated carbocycles. The van der Waals surface area contributed by atoms with Gasteiger partial charge in [0.1, 0.15) is 11.5 Å². The van der Waals surface area contributed by atoms with Crippen molar-refractivity contribution in [1.29, 1.82) is 0 Å². The van der Waals surface area contributed by atoms with Gasteiger partial charge in [-0.25, -0.2) is 4.79 Å². The van der Waals surface area contributed by atoms with Crippen LogP contribution in [-0.2, 0) is 14.3 Å². The number of benzene rings is 1. The molecule has 3 rings (SSSR count). The number of likely N-dealkylation sites (N-methyl/N-ethyl adjacent to an activating group) is 1. The van der Waals surface area contributed by atoms with E-state index in [4.69, 9.17) is 16.3 Å². The second-order valence-corrected chi connectivity index (χ2v) is 8.63. The van der Waals surface area contributed by atoms with E-state index in [0.29, 0.717) is 34.0 Å². The summed E-state index contributed by atoms with van der Waals surface area (Å²) in [5.41, 5.74) is 1.98. The summed E-state index contributed by atoms with van der Waals surface area (Å²) in [5.74, 6) is -2.38. The van der Waals surface area contributed by atoms with Crippen molar-refractivity contribution >= 4 is 35.0 Å². The number of hydrogen-bond donors (Lipinski definition) is 2. The molecular formula is C24H28ClN3O5. The van der Waals surface area contributed by atoms with Crippen molar-refractivity contribution in [3.8, 4) is 0 Å². The highest BCUT2D eigenvalue weighted by molar-refractivity contribution is 6.46. The van der Waals surface area contributed by atoms with Gasteiger partial charge in [0.15, 0.2) is 0 Å². The Morgan fingerprint density at radius 3 is 2.58 bits per heavy atom. The van der Waals surface area contributed by atoms with Gasteiger partial charge in [-0.2, -0.15) is 0 Å². The molecule has 2 N–H and O–H groups in total. The number of amides is 1. The van der Waals surface area contributed by atoms with Gasteiger partial charge in [-0.05, 0) is 58.1 Å². The molecule has 0 bridgehead atoms. The monoisotopic (exact) mass is 473 g/mol. The number of aryl methyl sites for hydroxylation is 1. The van der Waals surface area contributed by atoms with Crippen LogP contribution in [0.25, 0.3) is 5.76 Å². The number of carbonyl (C=O) groups is 3. The van der Waals surface area contributed by atoms with E-state index in [2.05, 4.69) is 4.98 Å². The molecule has 1 atom stereocenters. The van der Waals surface area contributed by atoms with Crippen LogP contribution in [0.5, 0.6) is 0 Å². The van der Waals surface area contributed by atoms with E-state index in [9.17, 15) is 19.5 Å². The van der Waals surface area contributed by atoms with Crippen molar-refractivity contribution in [1.82, 2.24) is 14.8 Å². The number of hydrogen-bond acceptors (Lipinski definition) is 6. The summed E-state index contributed by atoms with van der Waals surface area (Å²) in [6.07, 6.45) is 0. The van der Waals surface area contributed by atoms with Gasteiger partial charge < -0.3 is 24.6 Å². The van der Waals surface area contributed by atoms with E-state index in [0.717, 1.165) is 0 Å².